The fourth-order valence-electron chi connectivity index (χ4n) is 2.88. The first-order valence-corrected chi connectivity index (χ1v) is 10.6. The second-order valence-corrected chi connectivity index (χ2v) is 6.54. The summed E-state index contributed by atoms with van der Waals surface area (Å²) in [5, 5.41) is 19.6. The summed E-state index contributed by atoms with van der Waals surface area (Å²) in [7, 11) is 0. The Morgan fingerprint density at radius 1 is 0.548 bits per heavy atom. The van der Waals surface area contributed by atoms with Gasteiger partial charge >= 0.3 is 0 Å². The summed E-state index contributed by atoms with van der Waals surface area (Å²) in [6.07, 6.45) is -0.547. The lowest BCUT2D eigenvalue weighted by Gasteiger charge is -2.21. The molecule has 8 heteroatoms. The van der Waals surface area contributed by atoms with E-state index in [4.69, 9.17) is 38.6 Å². The Kier molecular flexibility index (Phi) is 14.1. The molecule has 0 unspecified atom stereocenters. The summed E-state index contributed by atoms with van der Waals surface area (Å²) in [5.74, 6) is 0. The maximum absolute atomic E-state index is 8.68. The molecule has 0 bridgehead atoms. The normalized spacial score (nSPS) is 11.6. The fourth-order valence-corrected chi connectivity index (χ4v) is 2.88. The predicted molar refractivity (Wildman–Crippen MR) is 116 cm³/mol. The van der Waals surface area contributed by atoms with Crippen LogP contribution in [0.5, 0.6) is 0 Å². The van der Waals surface area contributed by atoms with Crippen molar-refractivity contribution in [1.82, 2.24) is 0 Å². The first kappa shape index (κ1) is 25.6. The van der Waals surface area contributed by atoms with Gasteiger partial charge in [-0.1, -0.05) is 42.5 Å². The second-order valence-electron chi connectivity index (χ2n) is 6.54. The van der Waals surface area contributed by atoms with Crippen LogP contribution < -0.4 is 0 Å². The van der Waals surface area contributed by atoms with E-state index >= 15 is 0 Å². The van der Waals surface area contributed by atoms with Gasteiger partial charge in [0.15, 0.2) is 6.29 Å². The first-order chi connectivity index (χ1) is 15.4. The molecule has 0 aromatic heterocycles. The molecule has 0 fully saturated rings. The lowest BCUT2D eigenvalue weighted by molar-refractivity contribution is -0.162. The molecule has 2 N–H and O–H groups in total. The highest BCUT2D eigenvalue weighted by Crippen LogP contribution is 2.27. The molecule has 0 amide bonds. The zero-order valence-electron chi connectivity index (χ0n) is 17.9. The minimum atomic E-state index is -0.547. The molecule has 174 valence electrons. The summed E-state index contributed by atoms with van der Waals surface area (Å²) >= 11 is 0. The second kappa shape index (κ2) is 17.0. The summed E-state index contributed by atoms with van der Waals surface area (Å²) in [4.78, 5) is 0. The molecule has 31 heavy (non-hydrogen) atoms. The molecular weight excluding hydrogens is 404 g/mol. The van der Waals surface area contributed by atoms with Crippen molar-refractivity contribution >= 4 is 10.8 Å². The summed E-state index contributed by atoms with van der Waals surface area (Å²) in [6.45, 7) is 3.93. The van der Waals surface area contributed by atoms with Crippen LogP contribution in [-0.4, -0.2) is 89.5 Å². The molecule has 0 aliphatic carbocycles. The van der Waals surface area contributed by atoms with E-state index < -0.39 is 6.29 Å². The van der Waals surface area contributed by atoms with Crippen molar-refractivity contribution < 1.29 is 38.6 Å². The molecule has 0 heterocycles. The fraction of sp³-hybridized carbons (Fsp3) is 0.565. The lowest BCUT2D eigenvalue weighted by atomic mass is 10.0. The van der Waals surface area contributed by atoms with Gasteiger partial charge in [0.25, 0.3) is 0 Å². The third-order valence-corrected chi connectivity index (χ3v) is 4.29. The number of fused-ring (bicyclic) bond motifs is 1. The van der Waals surface area contributed by atoms with Crippen molar-refractivity contribution in [2.75, 3.05) is 79.3 Å². The number of ether oxygens (including phenoxy) is 6. The Morgan fingerprint density at radius 2 is 1.03 bits per heavy atom. The molecular formula is C23H34O8. The molecule has 0 radical (unpaired) electrons. The van der Waals surface area contributed by atoms with E-state index in [1.165, 1.54) is 0 Å². The molecule has 0 spiro atoms. The van der Waals surface area contributed by atoms with Gasteiger partial charge in [0.05, 0.1) is 79.3 Å². The summed E-state index contributed by atoms with van der Waals surface area (Å²) < 4.78 is 33.3. The van der Waals surface area contributed by atoms with E-state index in [0.717, 1.165) is 16.3 Å². The maximum atomic E-state index is 8.68. The van der Waals surface area contributed by atoms with Crippen LogP contribution in [0.4, 0.5) is 0 Å². The van der Waals surface area contributed by atoms with Crippen LogP contribution >= 0.6 is 0 Å². The lowest BCUT2D eigenvalue weighted by Crippen LogP contribution is -2.17. The Labute approximate surface area is 183 Å². The molecule has 2 rings (SSSR count). The Balaban J connectivity index is 1.81. The van der Waals surface area contributed by atoms with E-state index in [2.05, 4.69) is 12.1 Å². The Bertz CT molecular complexity index is 671. The van der Waals surface area contributed by atoms with Gasteiger partial charge in [0.2, 0.25) is 0 Å². The molecule has 0 aliphatic heterocycles. The molecule has 0 saturated carbocycles. The van der Waals surface area contributed by atoms with Crippen LogP contribution in [-0.2, 0) is 28.4 Å². The van der Waals surface area contributed by atoms with Crippen LogP contribution in [0.2, 0.25) is 0 Å². The van der Waals surface area contributed by atoms with Crippen LogP contribution in [0.1, 0.15) is 11.9 Å². The van der Waals surface area contributed by atoms with Gasteiger partial charge in [-0.15, -0.1) is 0 Å². The Morgan fingerprint density at radius 3 is 1.61 bits per heavy atom. The van der Waals surface area contributed by atoms with Crippen molar-refractivity contribution in [1.29, 1.82) is 0 Å². The van der Waals surface area contributed by atoms with E-state index in [-0.39, 0.29) is 13.2 Å². The van der Waals surface area contributed by atoms with Crippen molar-refractivity contribution in [3.63, 3.8) is 0 Å². The molecule has 2 aromatic rings. The highest BCUT2D eigenvalue weighted by molar-refractivity contribution is 5.85. The van der Waals surface area contributed by atoms with Gasteiger partial charge in [-0.2, -0.15) is 0 Å². The zero-order chi connectivity index (χ0) is 22.0. The predicted octanol–water partition coefficient (Wildman–Crippen LogP) is 1.92. The van der Waals surface area contributed by atoms with Gasteiger partial charge in [-0.05, 0) is 10.8 Å². The third kappa shape index (κ3) is 10.5. The van der Waals surface area contributed by atoms with Gasteiger partial charge in [-0.25, -0.2) is 0 Å². The summed E-state index contributed by atoms with van der Waals surface area (Å²) in [6, 6.07) is 14.1. The molecule has 8 nitrogen and oxygen atoms in total. The minimum Gasteiger partial charge on any atom is -0.394 e. The van der Waals surface area contributed by atoms with Crippen molar-refractivity contribution in [3.8, 4) is 0 Å². The van der Waals surface area contributed by atoms with E-state index in [1.807, 2.05) is 30.3 Å². The largest absolute Gasteiger partial charge is 0.394 e. The quantitative estimate of drug-likeness (QED) is 0.254. The van der Waals surface area contributed by atoms with Gasteiger partial charge in [-0.3, -0.25) is 0 Å². The van der Waals surface area contributed by atoms with Crippen molar-refractivity contribution in [2.45, 2.75) is 6.29 Å². The maximum Gasteiger partial charge on any atom is 0.184 e. The van der Waals surface area contributed by atoms with Crippen LogP contribution in [0.15, 0.2) is 42.5 Å². The average molecular weight is 439 g/mol. The molecule has 2 aromatic carbocycles. The van der Waals surface area contributed by atoms with E-state index in [9.17, 15) is 0 Å². The third-order valence-electron chi connectivity index (χ3n) is 4.29. The molecule has 0 aliphatic rings. The van der Waals surface area contributed by atoms with Gasteiger partial charge in [0.1, 0.15) is 0 Å². The SMILES string of the molecule is OCCOCCOCCOC(OCCOCCOCCO)c1cccc2ccccc12. The standard InChI is InChI=1S/C23H34O8/c24-8-10-26-12-14-28-16-18-30-23(31-19-17-29-15-13-27-11-9-25)22-7-3-5-20-4-1-2-6-21(20)22/h1-7,23-25H,8-19H2. The molecule has 0 atom stereocenters. The van der Waals surface area contributed by atoms with Crippen molar-refractivity contribution in [3.05, 3.63) is 48.0 Å². The van der Waals surface area contributed by atoms with Crippen LogP contribution in [0.25, 0.3) is 10.8 Å². The van der Waals surface area contributed by atoms with Gasteiger partial charge in [0, 0.05) is 5.56 Å². The topological polar surface area (TPSA) is 95.8 Å². The highest BCUT2D eigenvalue weighted by Gasteiger charge is 2.15. The van der Waals surface area contributed by atoms with Crippen molar-refractivity contribution in [2.24, 2.45) is 0 Å². The van der Waals surface area contributed by atoms with E-state index in [1.54, 1.807) is 0 Å². The smallest absolute Gasteiger partial charge is 0.184 e. The van der Waals surface area contributed by atoms with Gasteiger partial charge < -0.3 is 38.6 Å². The first-order valence-electron chi connectivity index (χ1n) is 10.6. The number of aliphatic hydroxyl groups excluding tert-OH is 2. The average Bonchev–Trinajstić information content (AvgIpc) is 2.81. The highest BCUT2D eigenvalue weighted by atomic mass is 16.7. The number of benzene rings is 2. The number of hydrogen-bond donors (Lipinski definition) is 2. The van der Waals surface area contributed by atoms with E-state index in [0.29, 0.717) is 66.1 Å². The number of hydrogen-bond acceptors (Lipinski definition) is 8. The monoisotopic (exact) mass is 438 g/mol. The number of rotatable bonds is 19. The Hall–Kier alpha value is -1.62. The minimum absolute atomic E-state index is 0.00651. The summed E-state index contributed by atoms with van der Waals surface area (Å²) in [5.41, 5.74) is 0.954. The number of aliphatic hydroxyl groups is 2. The van der Waals surface area contributed by atoms with Crippen LogP contribution in [0.3, 0.4) is 0 Å². The molecule has 0 saturated heterocycles. The van der Waals surface area contributed by atoms with Crippen LogP contribution in [0, 0.1) is 0 Å². The zero-order valence-corrected chi connectivity index (χ0v) is 17.9.